The van der Waals surface area contributed by atoms with Gasteiger partial charge in [-0.1, -0.05) is 54.1 Å². The van der Waals surface area contributed by atoms with Crippen molar-refractivity contribution in [3.63, 3.8) is 0 Å². The average molecular weight is 396 g/mol. The van der Waals surface area contributed by atoms with Gasteiger partial charge in [0.05, 0.1) is 11.4 Å². The summed E-state index contributed by atoms with van der Waals surface area (Å²) >= 11 is 0. The molecule has 0 saturated heterocycles. The molecule has 4 rings (SSSR count). The fraction of sp³-hybridized carbons (Fsp3) is 0.120. The van der Waals surface area contributed by atoms with Crippen molar-refractivity contribution in [1.82, 2.24) is 15.1 Å². The van der Waals surface area contributed by atoms with Crippen molar-refractivity contribution in [3.8, 4) is 16.9 Å². The van der Waals surface area contributed by atoms with Gasteiger partial charge in [-0.15, -0.1) is 0 Å². The molecule has 0 aliphatic rings. The number of aryl methyl sites for hydroxylation is 1. The fourth-order valence-corrected chi connectivity index (χ4v) is 3.37. The summed E-state index contributed by atoms with van der Waals surface area (Å²) in [6.45, 7) is 2.64. The Morgan fingerprint density at radius 3 is 2.47 bits per heavy atom. The van der Waals surface area contributed by atoms with Crippen LogP contribution in [-0.4, -0.2) is 22.2 Å². The SMILES string of the molecule is Cc1cccc(-c2cc(N)n(-c3ccc(C(=O)NCCc4ccccc4)cc3)n2)c1. The first kappa shape index (κ1) is 19.5. The van der Waals surface area contributed by atoms with E-state index < -0.39 is 0 Å². The smallest absolute Gasteiger partial charge is 0.251 e. The quantitative estimate of drug-likeness (QED) is 0.507. The number of carbonyl (C=O) groups excluding carboxylic acids is 1. The number of nitrogens with zero attached hydrogens (tertiary/aromatic N) is 2. The molecule has 0 saturated carbocycles. The van der Waals surface area contributed by atoms with E-state index in [-0.39, 0.29) is 5.91 Å². The number of nitrogen functional groups attached to an aromatic ring is 1. The predicted molar refractivity (Wildman–Crippen MR) is 121 cm³/mol. The van der Waals surface area contributed by atoms with Crippen molar-refractivity contribution in [2.75, 3.05) is 12.3 Å². The number of amides is 1. The van der Waals surface area contributed by atoms with E-state index in [1.54, 1.807) is 16.8 Å². The largest absolute Gasteiger partial charge is 0.384 e. The van der Waals surface area contributed by atoms with E-state index in [0.29, 0.717) is 17.9 Å². The molecule has 0 spiro atoms. The van der Waals surface area contributed by atoms with Gasteiger partial charge in [-0.2, -0.15) is 5.10 Å². The van der Waals surface area contributed by atoms with Gasteiger partial charge < -0.3 is 11.1 Å². The first-order valence-electron chi connectivity index (χ1n) is 9.95. The Hall–Kier alpha value is -3.86. The fourth-order valence-electron chi connectivity index (χ4n) is 3.37. The highest BCUT2D eigenvalue weighted by atomic mass is 16.1. The maximum Gasteiger partial charge on any atom is 0.251 e. The van der Waals surface area contributed by atoms with Crippen molar-refractivity contribution < 1.29 is 4.79 Å². The minimum absolute atomic E-state index is 0.0913. The summed E-state index contributed by atoms with van der Waals surface area (Å²) in [6.07, 6.45) is 0.802. The number of anilines is 1. The number of nitrogens with two attached hydrogens (primary N) is 1. The Kier molecular flexibility index (Phi) is 5.61. The predicted octanol–water partition coefficient (Wildman–Crippen LogP) is 4.40. The summed E-state index contributed by atoms with van der Waals surface area (Å²) in [4.78, 5) is 12.4. The van der Waals surface area contributed by atoms with Crippen LogP contribution >= 0.6 is 0 Å². The van der Waals surface area contributed by atoms with E-state index >= 15 is 0 Å². The van der Waals surface area contributed by atoms with Gasteiger partial charge in [-0.25, -0.2) is 4.68 Å². The molecule has 4 aromatic rings. The third kappa shape index (κ3) is 4.41. The summed E-state index contributed by atoms with van der Waals surface area (Å²) in [7, 11) is 0. The molecular weight excluding hydrogens is 372 g/mol. The van der Waals surface area contributed by atoms with Gasteiger partial charge in [0.2, 0.25) is 0 Å². The number of rotatable bonds is 6. The molecule has 5 nitrogen and oxygen atoms in total. The summed E-state index contributed by atoms with van der Waals surface area (Å²) in [5.41, 5.74) is 11.8. The molecule has 3 aromatic carbocycles. The normalized spacial score (nSPS) is 10.7. The second kappa shape index (κ2) is 8.66. The van der Waals surface area contributed by atoms with Crippen molar-refractivity contribution in [3.05, 3.63) is 102 Å². The van der Waals surface area contributed by atoms with Crippen molar-refractivity contribution in [2.24, 2.45) is 0 Å². The molecule has 1 aromatic heterocycles. The third-order valence-corrected chi connectivity index (χ3v) is 4.97. The second-order valence-corrected chi connectivity index (χ2v) is 7.27. The van der Waals surface area contributed by atoms with E-state index in [0.717, 1.165) is 23.4 Å². The molecule has 0 bridgehead atoms. The Morgan fingerprint density at radius 1 is 0.967 bits per heavy atom. The maximum atomic E-state index is 12.4. The van der Waals surface area contributed by atoms with Crippen LogP contribution in [0, 0.1) is 6.92 Å². The third-order valence-electron chi connectivity index (χ3n) is 4.97. The van der Waals surface area contributed by atoms with Crippen LogP contribution in [0.3, 0.4) is 0 Å². The van der Waals surface area contributed by atoms with Crippen molar-refractivity contribution in [2.45, 2.75) is 13.3 Å². The van der Waals surface area contributed by atoms with Gasteiger partial charge in [0.25, 0.3) is 5.91 Å². The molecule has 1 amide bonds. The molecule has 1 heterocycles. The van der Waals surface area contributed by atoms with Crippen molar-refractivity contribution in [1.29, 1.82) is 0 Å². The van der Waals surface area contributed by atoms with Crippen LogP contribution < -0.4 is 11.1 Å². The van der Waals surface area contributed by atoms with Crippen LogP contribution in [0.25, 0.3) is 16.9 Å². The highest BCUT2D eigenvalue weighted by Crippen LogP contribution is 2.24. The Morgan fingerprint density at radius 2 is 1.73 bits per heavy atom. The van der Waals surface area contributed by atoms with Gasteiger partial charge in [0.1, 0.15) is 5.82 Å². The maximum absolute atomic E-state index is 12.4. The van der Waals surface area contributed by atoms with Crippen LogP contribution in [-0.2, 0) is 6.42 Å². The van der Waals surface area contributed by atoms with Crippen LogP contribution in [0.15, 0.2) is 84.9 Å². The average Bonchev–Trinajstić information content (AvgIpc) is 3.16. The number of nitrogens with one attached hydrogen (secondary N) is 1. The standard InChI is InChI=1S/C25H24N4O/c1-18-6-5-9-21(16-18)23-17-24(26)29(28-23)22-12-10-20(11-13-22)25(30)27-15-14-19-7-3-2-4-8-19/h2-13,16-17H,14-15,26H2,1H3,(H,27,30). The molecule has 0 aliphatic carbocycles. The molecular formula is C25H24N4O. The van der Waals surface area contributed by atoms with Crippen LogP contribution in [0.2, 0.25) is 0 Å². The van der Waals surface area contributed by atoms with Crippen molar-refractivity contribution >= 4 is 11.7 Å². The van der Waals surface area contributed by atoms with Gasteiger partial charge >= 0.3 is 0 Å². The van der Waals surface area contributed by atoms with Gasteiger partial charge in [0, 0.05) is 23.7 Å². The summed E-state index contributed by atoms with van der Waals surface area (Å²) in [6, 6.07) is 27.4. The molecule has 150 valence electrons. The van der Waals surface area contributed by atoms with E-state index in [1.165, 1.54) is 11.1 Å². The zero-order valence-electron chi connectivity index (χ0n) is 16.9. The zero-order chi connectivity index (χ0) is 20.9. The first-order chi connectivity index (χ1) is 14.6. The molecule has 0 atom stereocenters. The first-order valence-corrected chi connectivity index (χ1v) is 9.95. The topological polar surface area (TPSA) is 72.9 Å². The molecule has 0 fully saturated rings. The van der Waals surface area contributed by atoms with Crippen LogP contribution in [0.4, 0.5) is 5.82 Å². The second-order valence-electron chi connectivity index (χ2n) is 7.27. The van der Waals surface area contributed by atoms with Gasteiger partial charge in [-0.3, -0.25) is 4.79 Å². The molecule has 5 heteroatoms. The van der Waals surface area contributed by atoms with E-state index in [2.05, 4.69) is 28.6 Å². The molecule has 0 aliphatic heterocycles. The molecule has 30 heavy (non-hydrogen) atoms. The lowest BCUT2D eigenvalue weighted by molar-refractivity contribution is 0.0954. The van der Waals surface area contributed by atoms with E-state index in [1.807, 2.05) is 61.5 Å². The number of aromatic nitrogens is 2. The molecule has 0 unspecified atom stereocenters. The number of carbonyl (C=O) groups is 1. The van der Waals surface area contributed by atoms with Gasteiger partial charge in [-0.05, 0) is 49.2 Å². The monoisotopic (exact) mass is 396 g/mol. The number of hydrogen-bond donors (Lipinski definition) is 2. The molecule has 3 N–H and O–H groups in total. The van der Waals surface area contributed by atoms with Gasteiger partial charge in [0.15, 0.2) is 0 Å². The Balaban J connectivity index is 1.44. The minimum Gasteiger partial charge on any atom is -0.384 e. The minimum atomic E-state index is -0.0913. The molecule has 0 radical (unpaired) electrons. The van der Waals surface area contributed by atoms with E-state index in [9.17, 15) is 4.79 Å². The summed E-state index contributed by atoms with van der Waals surface area (Å²) in [5.74, 6) is 0.456. The lowest BCUT2D eigenvalue weighted by Crippen LogP contribution is -2.25. The number of benzene rings is 3. The highest BCUT2D eigenvalue weighted by Gasteiger charge is 2.11. The zero-order valence-corrected chi connectivity index (χ0v) is 16.9. The van der Waals surface area contributed by atoms with Crippen LogP contribution in [0.5, 0.6) is 0 Å². The highest BCUT2D eigenvalue weighted by molar-refractivity contribution is 5.94. The van der Waals surface area contributed by atoms with Crippen LogP contribution in [0.1, 0.15) is 21.5 Å². The lowest BCUT2D eigenvalue weighted by atomic mass is 10.1. The lowest BCUT2D eigenvalue weighted by Gasteiger charge is -2.07. The number of hydrogen-bond acceptors (Lipinski definition) is 3. The Labute approximate surface area is 176 Å². The summed E-state index contributed by atoms with van der Waals surface area (Å²) in [5, 5.41) is 7.60. The summed E-state index contributed by atoms with van der Waals surface area (Å²) < 4.78 is 1.69. The Bertz CT molecular complexity index is 1150. The van der Waals surface area contributed by atoms with E-state index in [4.69, 9.17) is 5.73 Å².